The van der Waals surface area contributed by atoms with Crippen molar-refractivity contribution in [1.82, 2.24) is 9.88 Å². The first-order valence-electron chi connectivity index (χ1n) is 8.80. The van der Waals surface area contributed by atoms with Gasteiger partial charge in [-0.2, -0.15) is 0 Å². The van der Waals surface area contributed by atoms with Crippen LogP contribution in [-0.4, -0.2) is 34.2 Å². The number of nitrogens with zero attached hydrogens (tertiary/aromatic N) is 2. The molecule has 2 saturated heterocycles. The summed E-state index contributed by atoms with van der Waals surface area (Å²) in [5.41, 5.74) is 2.18. The van der Waals surface area contributed by atoms with E-state index in [2.05, 4.69) is 45.1 Å². The highest BCUT2D eigenvalue weighted by Gasteiger charge is 2.53. The van der Waals surface area contributed by atoms with Gasteiger partial charge in [0.05, 0.1) is 24.4 Å². The van der Waals surface area contributed by atoms with Crippen molar-refractivity contribution in [2.75, 3.05) is 7.11 Å². The molecule has 3 unspecified atom stereocenters. The predicted molar refractivity (Wildman–Crippen MR) is 100 cm³/mol. The van der Waals surface area contributed by atoms with Crippen LogP contribution in [0.4, 0.5) is 0 Å². The third-order valence-electron chi connectivity index (χ3n) is 5.72. The van der Waals surface area contributed by atoms with Crippen LogP contribution in [0.2, 0.25) is 0 Å². The number of pyridine rings is 1. The van der Waals surface area contributed by atoms with Crippen LogP contribution < -0.4 is 4.74 Å². The smallest absolute Gasteiger partial charge is 0.118 e. The van der Waals surface area contributed by atoms with Crippen LogP contribution in [0.25, 0.3) is 0 Å². The highest BCUT2D eigenvalue weighted by atomic mass is 79.9. The minimum absolute atomic E-state index is 0.164. The van der Waals surface area contributed by atoms with Gasteiger partial charge < -0.3 is 9.84 Å². The van der Waals surface area contributed by atoms with Gasteiger partial charge >= 0.3 is 0 Å². The predicted octanol–water partition coefficient (Wildman–Crippen LogP) is 3.87. The Balaban J connectivity index is 1.67. The van der Waals surface area contributed by atoms with Crippen molar-refractivity contribution in [2.24, 2.45) is 0 Å². The molecule has 2 aliphatic rings. The van der Waals surface area contributed by atoms with Crippen molar-refractivity contribution in [1.29, 1.82) is 0 Å². The number of methoxy groups -OCH3 is 1. The number of aromatic nitrogens is 1. The molecule has 1 aromatic heterocycles. The topological polar surface area (TPSA) is 45.6 Å². The summed E-state index contributed by atoms with van der Waals surface area (Å²) in [7, 11) is 1.69. The van der Waals surface area contributed by atoms with E-state index >= 15 is 0 Å². The molecule has 0 radical (unpaired) electrons. The van der Waals surface area contributed by atoms with E-state index in [-0.39, 0.29) is 11.6 Å². The molecule has 1 aromatic carbocycles. The number of rotatable bonds is 4. The van der Waals surface area contributed by atoms with E-state index in [4.69, 9.17) is 9.72 Å². The van der Waals surface area contributed by atoms with Gasteiger partial charge in [0, 0.05) is 23.3 Å². The number of aliphatic hydroxyl groups is 1. The molecular weight excluding hydrogens is 380 g/mol. The molecule has 0 aliphatic carbocycles. The average Bonchev–Trinajstić information content (AvgIpc) is 2.84. The zero-order valence-electron chi connectivity index (χ0n) is 14.4. The Kier molecular flexibility index (Phi) is 4.56. The van der Waals surface area contributed by atoms with E-state index in [9.17, 15) is 5.11 Å². The van der Waals surface area contributed by atoms with Crippen molar-refractivity contribution in [3.8, 4) is 5.75 Å². The second-order valence-corrected chi connectivity index (χ2v) is 8.07. The zero-order chi connectivity index (χ0) is 17.4. The zero-order valence-corrected chi connectivity index (χ0v) is 15.9. The number of aliphatic hydroxyl groups excluding tert-OH is 1. The lowest BCUT2D eigenvalue weighted by atomic mass is 9.83. The molecule has 4 nitrogen and oxygen atoms in total. The summed E-state index contributed by atoms with van der Waals surface area (Å²) in [6.07, 6.45) is 5.40. The van der Waals surface area contributed by atoms with Gasteiger partial charge in [-0.05, 0) is 71.4 Å². The summed E-state index contributed by atoms with van der Waals surface area (Å²) < 4.78 is 6.25. The van der Waals surface area contributed by atoms with Crippen molar-refractivity contribution >= 4 is 15.9 Å². The molecule has 3 atom stereocenters. The Labute approximate surface area is 157 Å². The van der Waals surface area contributed by atoms with Crippen LogP contribution in [0.15, 0.2) is 47.1 Å². The first kappa shape index (κ1) is 17.0. The highest BCUT2D eigenvalue weighted by molar-refractivity contribution is 9.10. The fraction of sp³-hybridized carbons (Fsp3) is 0.450. The van der Waals surface area contributed by atoms with Crippen molar-refractivity contribution < 1.29 is 9.84 Å². The maximum atomic E-state index is 10.4. The summed E-state index contributed by atoms with van der Waals surface area (Å²) >= 11 is 3.48. The fourth-order valence-corrected chi connectivity index (χ4v) is 4.78. The minimum Gasteiger partial charge on any atom is -0.497 e. The first-order valence-corrected chi connectivity index (χ1v) is 9.60. The summed E-state index contributed by atoms with van der Waals surface area (Å²) in [6, 6.07) is 12.9. The van der Waals surface area contributed by atoms with Gasteiger partial charge in [0.25, 0.3) is 0 Å². The van der Waals surface area contributed by atoms with Gasteiger partial charge in [-0.3, -0.25) is 9.88 Å². The van der Waals surface area contributed by atoms with E-state index in [1.165, 1.54) is 5.56 Å². The summed E-state index contributed by atoms with van der Waals surface area (Å²) in [5, 5.41) is 10.4. The second-order valence-electron chi connectivity index (χ2n) is 7.16. The highest BCUT2D eigenvalue weighted by Crippen LogP contribution is 2.50. The molecule has 1 N–H and O–H groups in total. The van der Waals surface area contributed by atoms with Gasteiger partial charge in [-0.15, -0.1) is 0 Å². The van der Waals surface area contributed by atoms with Crippen LogP contribution in [-0.2, 0) is 12.1 Å². The third kappa shape index (κ3) is 3.09. The number of halogens is 1. The van der Waals surface area contributed by atoms with Crippen LogP contribution in [0, 0.1) is 0 Å². The Morgan fingerprint density at radius 1 is 1.28 bits per heavy atom. The Bertz CT molecular complexity index is 734. The van der Waals surface area contributed by atoms with E-state index in [0.717, 1.165) is 48.1 Å². The Morgan fingerprint density at radius 3 is 2.76 bits per heavy atom. The minimum atomic E-state index is -0.245. The van der Waals surface area contributed by atoms with E-state index in [1.54, 1.807) is 7.11 Å². The molecule has 5 heteroatoms. The number of fused-ring (bicyclic) bond motifs is 2. The molecule has 132 valence electrons. The van der Waals surface area contributed by atoms with Crippen LogP contribution in [0.5, 0.6) is 5.75 Å². The van der Waals surface area contributed by atoms with Gasteiger partial charge in [0.1, 0.15) is 5.75 Å². The lowest BCUT2D eigenvalue weighted by Gasteiger charge is -2.46. The lowest BCUT2D eigenvalue weighted by molar-refractivity contribution is -0.0300. The van der Waals surface area contributed by atoms with E-state index in [1.807, 2.05) is 18.3 Å². The van der Waals surface area contributed by atoms with E-state index < -0.39 is 0 Å². The monoisotopic (exact) mass is 402 g/mol. The average molecular weight is 403 g/mol. The normalized spacial score (nSPS) is 28.9. The molecule has 2 aromatic rings. The quantitative estimate of drug-likeness (QED) is 0.842. The molecule has 2 bridgehead atoms. The molecule has 0 saturated carbocycles. The maximum absolute atomic E-state index is 10.4. The standard InChI is InChI=1S/C20H23BrN2O2/c1-25-18-5-2-14(3-6-18)13-23-16-8-9-20(23,11-17(24)10-16)19-7-4-15(21)12-22-19/h2-7,12,16-17,24H,8-11,13H2,1H3. The van der Waals surface area contributed by atoms with Gasteiger partial charge in [-0.1, -0.05) is 12.1 Å². The van der Waals surface area contributed by atoms with Crippen LogP contribution >= 0.6 is 15.9 Å². The molecule has 3 heterocycles. The fourth-order valence-electron chi connectivity index (χ4n) is 4.54. The first-order chi connectivity index (χ1) is 12.1. The number of ether oxygens (including phenoxy) is 1. The summed E-state index contributed by atoms with van der Waals surface area (Å²) in [6.45, 7) is 0.874. The molecular formula is C20H23BrN2O2. The van der Waals surface area contributed by atoms with Crippen LogP contribution in [0.3, 0.4) is 0 Å². The van der Waals surface area contributed by atoms with E-state index in [0.29, 0.717) is 6.04 Å². The maximum Gasteiger partial charge on any atom is 0.118 e. The number of hydrogen-bond donors (Lipinski definition) is 1. The van der Waals surface area contributed by atoms with Crippen LogP contribution in [0.1, 0.15) is 36.9 Å². The third-order valence-corrected chi connectivity index (χ3v) is 6.18. The largest absolute Gasteiger partial charge is 0.497 e. The van der Waals surface area contributed by atoms with Gasteiger partial charge in [0.15, 0.2) is 0 Å². The SMILES string of the molecule is COc1ccc(CN2C3CCC2(c2ccc(Br)cn2)CC(O)C3)cc1. The number of hydrogen-bond acceptors (Lipinski definition) is 4. The Morgan fingerprint density at radius 2 is 2.08 bits per heavy atom. The number of benzene rings is 1. The summed E-state index contributed by atoms with van der Waals surface area (Å²) in [5.74, 6) is 0.880. The van der Waals surface area contributed by atoms with Crippen molar-refractivity contribution in [3.05, 3.63) is 58.3 Å². The lowest BCUT2D eigenvalue weighted by Crippen LogP contribution is -2.51. The molecule has 2 aliphatic heterocycles. The van der Waals surface area contributed by atoms with Gasteiger partial charge in [-0.25, -0.2) is 0 Å². The molecule has 0 spiro atoms. The number of piperidine rings is 1. The van der Waals surface area contributed by atoms with Crippen molar-refractivity contribution in [2.45, 2.75) is 49.9 Å². The molecule has 4 rings (SSSR count). The molecule has 2 fully saturated rings. The van der Waals surface area contributed by atoms with Gasteiger partial charge in [0.2, 0.25) is 0 Å². The molecule has 25 heavy (non-hydrogen) atoms. The molecule has 0 amide bonds. The Hall–Kier alpha value is -1.43. The van der Waals surface area contributed by atoms with Crippen molar-refractivity contribution in [3.63, 3.8) is 0 Å². The second kappa shape index (κ2) is 6.71. The summed E-state index contributed by atoms with van der Waals surface area (Å²) in [4.78, 5) is 7.27.